The topological polar surface area (TPSA) is 47.0 Å². The van der Waals surface area contributed by atoms with Gasteiger partial charge in [-0.15, -0.1) is 0 Å². The molecule has 1 aromatic heterocycles. The first-order valence-electron chi connectivity index (χ1n) is 5.67. The van der Waals surface area contributed by atoms with Crippen molar-refractivity contribution in [2.75, 3.05) is 13.7 Å². The van der Waals surface area contributed by atoms with Gasteiger partial charge in [-0.1, -0.05) is 20.8 Å². The highest BCUT2D eigenvalue weighted by atomic mass is 16.5. The van der Waals surface area contributed by atoms with Gasteiger partial charge < -0.3 is 10.1 Å². The van der Waals surface area contributed by atoms with E-state index in [0.29, 0.717) is 0 Å². The van der Waals surface area contributed by atoms with E-state index in [-0.39, 0.29) is 5.41 Å². The summed E-state index contributed by atoms with van der Waals surface area (Å²) in [4.78, 5) is 9.16. The zero-order chi connectivity index (χ0) is 11.8. The molecular weight excluding hydrogens is 202 g/mol. The molecule has 16 heavy (non-hydrogen) atoms. The number of fused-ring (bicyclic) bond motifs is 1. The van der Waals surface area contributed by atoms with Crippen molar-refractivity contribution in [1.29, 1.82) is 0 Å². The molecule has 0 bridgehead atoms. The molecule has 0 fully saturated rings. The van der Waals surface area contributed by atoms with Crippen molar-refractivity contribution in [3.63, 3.8) is 0 Å². The first-order valence-corrected chi connectivity index (χ1v) is 5.67. The van der Waals surface area contributed by atoms with E-state index >= 15 is 0 Å². The SMILES string of the molecule is COc1nc(C(C)(C)C)nc2c1CNCC2. The van der Waals surface area contributed by atoms with Gasteiger partial charge >= 0.3 is 0 Å². The summed E-state index contributed by atoms with van der Waals surface area (Å²) in [6, 6.07) is 0. The lowest BCUT2D eigenvalue weighted by atomic mass is 9.95. The van der Waals surface area contributed by atoms with Crippen LogP contribution in [0.4, 0.5) is 0 Å². The van der Waals surface area contributed by atoms with Crippen LogP contribution in [0.2, 0.25) is 0 Å². The average Bonchev–Trinajstić information content (AvgIpc) is 2.26. The number of rotatable bonds is 1. The maximum Gasteiger partial charge on any atom is 0.221 e. The fraction of sp³-hybridized carbons (Fsp3) is 0.667. The second kappa shape index (κ2) is 4.01. The fourth-order valence-corrected chi connectivity index (χ4v) is 1.82. The van der Waals surface area contributed by atoms with Crippen LogP contribution in [0, 0.1) is 0 Å². The first-order chi connectivity index (χ1) is 7.52. The third kappa shape index (κ3) is 2.02. The zero-order valence-corrected chi connectivity index (χ0v) is 10.4. The molecule has 2 rings (SSSR count). The lowest BCUT2D eigenvalue weighted by molar-refractivity contribution is 0.376. The Bertz CT molecular complexity index is 379. The molecule has 4 heteroatoms. The number of hydrogen-bond acceptors (Lipinski definition) is 4. The minimum Gasteiger partial charge on any atom is -0.481 e. The van der Waals surface area contributed by atoms with Crippen LogP contribution >= 0.6 is 0 Å². The predicted octanol–water partition coefficient (Wildman–Crippen LogP) is 1.43. The monoisotopic (exact) mass is 221 g/mol. The van der Waals surface area contributed by atoms with Gasteiger partial charge in [0.25, 0.3) is 0 Å². The molecule has 0 saturated heterocycles. The molecule has 1 N–H and O–H groups in total. The molecular formula is C12H19N3O. The van der Waals surface area contributed by atoms with Crippen LogP contribution in [0.25, 0.3) is 0 Å². The van der Waals surface area contributed by atoms with Gasteiger partial charge in [-0.3, -0.25) is 0 Å². The summed E-state index contributed by atoms with van der Waals surface area (Å²) in [5.41, 5.74) is 2.21. The van der Waals surface area contributed by atoms with Crippen LogP contribution in [0.3, 0.4) is 0 Å². The maximum atomic E-state index is 5.36. The minimum atomic E-state index is -0.0345. The molecule has 0 saturated carbocycles. The highest BCUT2D eigenvalue weighted by molar-refractivity contribution is 5.33. The van der Waals surface area contributed by atoms with Crippen molar-refractivity contribution in [2.45, 2.75) is 39.2 Å². The van der Waals surface area contributed by atoms with Crippen LogP contribution in [0.1, 0.15) is 37.9 Å². The van der Waals surface area contributed by atoms with Gasteiger partial charge in [-0.2, -0.15) is 4.98 Å². The van der Waals surface area contributed by atoms with E-state index in [2.05, 4.69) is 36.1 Å². The van der Waals surface area contributed by atoms with E-state index in [1.807, 2.05) is 0 Å². The van der Waals surface area contributed by atoms with E-state index in [1.54, 1.807) is 7.11 Å². The maximum absolute atomic E-state index is 5.36. The second-order valence-electron chi connectivity index (χ2n) is 5.16. The van der Waals surface area contributed by atoms with Gasteiger partial charge in [0.05, 0.1) is 12.8 Å². The Balaban J connectivity index is 2.52. The Morgan fingerprint density at radius 3 is 2.62 bits per heavy atom. The third-order valence-corrected chi connectivity index (χ3v) is 2.76. The van der Waals surface area contributed by atoms with Gasteiger partial charge in [0, 0.05) is 30.5 Å². The van der Waals surface area contributed by atoms with Gasteiger partial charge in [0.1, 0.15) is 5.82 Å². The summed E-state index contributed by atoms with van der Waals surface area (Å²) in [5.74, 6) is 1.59. The third-order valence-electron chi connectivity index (χ3n) is 2.76. The molecule has 2 heterocycles. The van der Waals surface area contributed by atoms with Crippen molar-refractivity contribution < 1.29 is 4.74 Å². The standard InChI is InChI=1S/C12H19N3O/c1-12(2,3)11-14-9-5-6-13-7-8(9)10(15-11)16-4/h13H,5-7H2,1-4H3. The largest absolute Gasteiger partial charge is 0.481 e. The molecule has 4 nitrogen and oxygen atoms in total. The molecule has 0 aromatic carbocycles. The molecule has 0 unspecified atom stereocenters. The number of methoxy groups -OCH3 is 1. The molecule has 1 aliphatic heterocycles. The van der Waals surface area contributed by atoms with E-state index < -0.39 is 0 Å². The summed E-state index contributed by atoms with van der Waals surface area (Å²) < 4.78 is 5.36. The number of ether oxygens (including phenoxy) is 1. The van der Waals surface area contributed by atoms with Crippen LogP contribution in [-0.2, 0) is 18.4 Å². The van der Waals surface area contributed by atoms with Crippen molar-refractivity contribution in [1.82, 2.24) is 15.3 Å². The summed E-state index contributed by atoms with van der Waals surface area (Å²) >= 11 is 0. The summed E-state index contributed by atoms with van der Waals surface area (Å²) in [5, 5.41) is 3.31. The van der Waals surface area contributed by atoms with Crippen molar-refractivity contribution in [2.24, 2.45) is 0 Å². The zero-order valence-electron chi connectivity index (χ0n) is 10.4. The van der Waals surface area contributed by atoms with Gasteiger partial charge in [-0.25, -0.2) is 4.98 Å². The Morgan fingerprint density at radius 1 is 1.25 bits per heavy atom. The normalized spacial score (nSPS) is 15.8. The lowest BCUT2D eigenvalue weighted by Gasteiger charge is -2.23. The van der Waals surface area contributed by atoms with Gasteiger partial charge in [-0.05, 0) is 0 Å². The molecule has 0 amide bonds. The number of nitrogens with zero attached hydrogens (tertiary/aromatic N) is 2. The molecule has 1 aliphatic rings. The molecule has 0 aliphatic carbocycles. The van der Waals surface area contributed by atoms with Gasteiger partial charge in [0.2, 0.25) is 5.88 Å². The number of aromatic nitrogens is 2. The van der Waals surface area contributed by atoms with Crippen LogP contribution in [0.15, 0.2) is 0 Å². The average molecular weight is 221 g/mol. The van der Waals surface area contributed by atoms with E-state index in [0.717, 1.165) is 42.5 Å². The molecule has 0 atom stereocenters. The smallest absolute Gasteiger partial charge is 0.221 e. The number of hydrogen-bond donors (Lipinski definition) is 1. The van der Waals surface area contributed by atoms with Crippen molar-refractivity contribution >= 4 is 0 Å². The molecule has 0 radical (unpaired) electrons. The first kappa shape index (κ1) is 11.3. The summed E-state index contributed by atoms with van der Waals surface area (Å²) in [6.07, 6.45) is 0.956. The van der Waals surface area contributed by atoms with Gasteiger partial charge in [0.15, 0.2) is 0 Å². The quantitative estimate of drug-likeness (QED) is 0.779. The number of nitrogens with one attached hydrogen (secondary N) is 1. The van der Waals surface area contributed by atoms with Crippen LogP contribution in [-0.4, -0.2) is 23.6 Å². The second-order valence-corrected chi connectivity index (χ2v) is 5.16. The Hall–Kier alpha value is -1.16. The van der Waals surface area contributed by atoms with E-state index in [9.17, 15) is 0 Å². The van der Waals surface area contributed by atoms with E-state index in [1.165, 1.54) is 0 Å². The predicted molar refractivity (Wildman–Crippen MR) is 62.7 cm³/mol. The minimum absolute atomic E-state index is 0.0345. The highest BCUT2D eigenvalue weighted by Crippen LogP contribution is 2.26. The Kier molecular flexibility index (Phi) is 2.84. The van der Waals surface area contributed by atoms with Crippen LogP contribution < -0.4 is 10.1 Å². The van der Waals surface area contributed by atoms with Crippen LogP contribution in [0.5, 0.6) is 5.88 Å². The molecule has 88 valence electrons. The highest BCUT2D eigenvalue weighted by Gasteiger charge is 2.23. The fourth-order valence-electron chi connectivity index (χ4n) is 1.82. The molecule has 1 aromatic rings. The summed E-state index contributed by atoms with van der Waals surface area (Å²) in [7, 11) is 1.67. The Labute approximate surface area is 96.4 Å². The van der Waals surface area contributed by atoms with Crippen molar-refractivity contribution in [3.05, 3.63) is 17.1 Å². The summed E-state index contributed by atoms with van der Waals surface area (Å²) in [6.45, 7) is 8.15. The van der Waals surface area contributed by atoms with Crippen molar-refractivity contribution in [3.8, 4) is 5.88 Å². The molecule has 0 spiro atoms. The van der Waals surface area contributed by atoms with E-state index in [4.69, 9.17) is 4.74 Å². The lowest BCUT2D eigenvalue weighted by Crippen LogP contribution is -2.28. The Morgan fingerprint density at radius 2 is 2.00 bits per heavy atom.